The Morgan fingerprint density at radius 1 is 1.21 bits per heavy atom. The minimum Gasteiger partial charge on any atom is -0.482 e. The third-order valence-corrected chi connectivity index (χ3v) is 6.65. The van der Waals surface area contributed by atoms with Crippen molar-refractivity contribution < 1.29 is 19.1 Å². The van der Waals surface area contributed by atoms with Crippen LogP contribution in [0.2, 0.25) is 0 Å². The molecule has 1 aliphatic heterocycles. The Bertz CT molecular complexity index is 1040. The Labute approximate surface area is 205 Å². The molecule has 3 rings (SSSR count). The molecule has 0 saturated carbocycles. The van der Waals surface area contributed by atoms with Gasteiger partial charge in [-0.15, -0.1) is 11.8 Å². The lowest BCUT2D eigenvalue weighted by Crippen LogP contribution is -2.37. The molecule has 0 bridgehead atoms. The molecule has 3 unspecified atom stereocenters. The first-order chi connectivity index (χ1) is 16.0. The number of carbonyl (C=O) groups excluding carboxylic acids is 2. The third-order valence-electron chi connectivity index (χ3n) is 5.44. The number of rotatable bonds is 9. The Balaban J connectivity index is 1.61. The van der Waals surface area contributed by atoms with E-state index >= 15 is 0 Å². The average molecular weight is 484 g/mol. The summed E-state index contributed by atoms with van der Waals surface area (Å²) in [5.74, 6) is 0.565. The van der Waals surface area contributed by atoms with Crippen LogP contribution < -0.4 is 15.8 Å². The zero-order chi connectivity index (χ0) is 24.9. The largest absolute Gasteiger partial charge is 0.482 e. The molecule has 0 aliphatic carbocycles. The highest BCUT2D eigenvalue weighted by molar-refractivity contribution is 7.99. The minimum atomic E-state index is -0.634. The number of nitrogens with two attached hydrogens (primary N) is 1. The summed E-state index contributed by atoms with van der Waals surface area (Å²) < 4.78 is 11.4. The predicted octanol–water partition coefficient (Wildman–Crippen LogP) is 4.25. The molecule has 34 heavy (non-hydrogen) atoms. The lowest BCUT2D eigenvalue weighted by atomic mass is 9.90. The van der Waals surface area contributed by atoms with Crippen molar-refractivity contribution in [1.29, 1.82) is 5.41 Å². The van der Waals surface area contributed by atoms with Crippen LogP contribution in [-0.4, -0.2) is 41.2 Å². The van der Waals surface area contributed by atoms with Crippen LogP contribution in [-0.2, 0) is 15.3 Å². The van der Waals surface area contributed by atoms with Gasteiger partial charge in [0.05, 0.1) is 10.8 Å². The van der Waals surface area contributed by atoms with Crippen LogP contribution in [0.3, 0.4) is 0 Å². The zero-order valence-corrected chi connectivity index (χ0v) is 20.9. The van der Waals surface area contributed by atoms with E-state index in [4.69, 9.17) is 20.6 Å². The van der Waals surface area contributed by atoms with Crippen LogP contribution in [0.1, 0.15) is 61.5 Å². The van der Waals surface area contributed by atoms with E-state index in [2.05, 4.69) is 5.32 Å². The summed E-state index contributed by atoms with van der Waals surface area (Å²) in [5, 5.41) is 10.7. The first kappa shape index (κ1) is 25.6. The molecule has 2 aromatic carbocycles. The first-order valence-corrected chi connectivity index (χ1v) is 12.4. The van der Waals surface area contributed by atoms with Gasteiger partial charge in [-0.1, -0.05) is 30.3 Å². The molecule has 0 radical (unpaired) electrons. The van der Waals surface area contributed by atoms with Gasteiger partial charge in [-0.2, -0.15) is 0 Å². The summed E-state index contributed by atoms with van der Waals surface area (Å²) in [6.45, 7) is 7.75. The monoisotopic (exact) mass is 483 g/mol. The van der Waals surface area contributed by atoms with E-state index in [1.54, 1.807) is 30.0 Å². The van der Waals surface area contributed by atoms with E-state index in [9.17, 15) is 9.59 Å². The highest BCUT2D eigenvalue weighted by atomic mass is 32.2. The van der Waals surface area contributed by atoms with Crippen LogP contribution in [0.4, 0.5) is 0 Å². The number of hydrogen-bond acceptors (Lipinski definition) is 6. The van der Waals surface area contributed by atoms with E-state index in [0.29, 0.717) is 24.3 Å². The Morgan fingerprint density at radius 3 is 2.56 bits per heavy atom. The Kier molecular flexibility index (Phi) is 8.25. The summed E-state index contributed by atoms with van der Waals surface area (Å²) in [6.07, 6.45) is -0.109. The summed E-state index contributed by atoms with van der Waals surface area (Å²) in [6, 6.07) is 15.2. The van der Waals surface area contributed by atoms with E-state index < -0.39 is 17.7 Å². The molecule has 1 aliphatic rings. The highest BCUT2D eigenvalue weighted by Gasteiger charge is 2.37. The summed E-state index contributed by atoms with van der Waals surface area (Å²) >= 11 is 1.58. The molecule has 4 N–H and O–H groups in total. The van der Waals surface area contributed by atoms with Crippen molar-refractivity contribution in [3.8, 4) is 5.75 Å². The number of amidine groups is 1. The molecule has 0 aromatic heterocycles. The van der Waals surface area contributed by atoms with Crippen LogP contribution >= 0.6 is 11.8 Å². The standard InChI is InChI=1S/C26H33N3O4S/c1-16(34-15-17-8-6-5-7-9-17)24(30)29-13-12-19-20-14-18(25(31)33-26(2,3)4)10-11-21(20)32-22(19)23(27)28/h5-11,14,16,19,22H,12-13,15H2,1-4H3,(H3,27,28)(H,29,30). The number of nitrogens with one attached hydrogen (secondary N) is 2. The highest BCUT2D eigenvalue weighted by Crippen LogP contribution is 2.41. The third kappa shape index (κ3) is 6.76. The van der Waals surface area contributed by atoms with Gasteiger partial charge in [0.1, 0.15) is 17.2 Å². The van der Waals surface area contributed by atoms with Crippen molar-refractivity contribution in [2.24, 2.45) is 5.73 Å². The van der Waals surface area contributed by atoms with Gasteiger partial charge >= 0.3 is 5.97 Å². The van der Waals surface area contributed by atoms with Crippen molar-refractivity contribution in [3.05, 3.63) is 65.2 Å². The number of amides is 1. The molecule has 0 spiro atoms. The molecular formula is C26H33N3O4S. The fourth-order valence-corrected chi connectivity index (χ4v) is 4.61. The molecular weight excluding hydrogens is 450 g/mol. The average Bonchev–Trinajstić information content (AvgIpc) is 3.15. The summed E-state index contributed by atoms with van der Waals surface area (Å²) in [4.78, 5) is 25.1. The molecule has 0 fully saturated rings. The molecule has 7 nitrogen and oxygen atoms in total. The number of carbonyl (C=O) groups is 2. The number of hydrogen-bond donors (Lipinski definition) is 3. The van der Waals surface area contributed by atoms with Crippen molar-refractivity contribution in [2.45, 2.75) is 62.7 Å². The minimum absolute atomic E-state index is 0.0399. The van der Waals surface area contributed by atoms with Gasteiger partial charge in [-0.3, -0.25) is 10.2 Å². The van der Waals surface area contributed by atoms with Gasteiger partial charge in [0.2, 0.25) is 5.91 Å². The number of esters is 1. The Hall–Kier alpha value is -3.00. The number of benzene rings is 2. The van der Waals surface area contributed by atoms with E-state index in [0.717, 1.165) is 11.3 Å². The fraction of sp³-hybridized carbons (Fsp3) is 0.423. The van der Waals surface area contributed by atoms with Gasteiger partial charge in [0.25, 0.3) is 0 Å². The maximum Gasteiger partial charge on any atom is 0.338 e. The molecule has 8 heteroatoms. The lowest BCUT2D eigenvalue weighted by molar-refractivity contribution is -0.120. The molecule has 182 valence electrons. The normalized spacial score (nSPS) is 17.9. The second-order valence-electron chi connectivity index (χ2n) is 9.37. The number of ether oxygens (including phenoxy) is 2. The van der Waals surface area contributed by atoms with Crippen molar-refractivity contribution in [2.75, 3.05) is 6.54 Å². The second kappa shape index (κ2) is 11.0. The molecule has 1 heterocycles. The number of fused-ring (bicyclic) bond motifs is 1. The van der Waals surface area contributed by atoms with Gasteiger partial charge in [0, 0.05) is 23.8 Å². The van der Waals surface area contributed by atoms with Gasteiger partial charge in [0.15, 0.2) is 6.10 Å². The molecule has 0 saturated heterocycles. The molecule has 2 aromatic rings. The van der Waals surface area contributed by atoms with Gasteiger partial charge in [-0.05, 0) is 57.9 Å². The smallest absolute Gasteiger partial charge is 0.338 e. The van der Waals surface area contributed by atoms with Crippen molar-refractivity contribution >= 4 is 29.5 Å². The first-order valence-electron chi connectivity index (χ1n) is 11.4. The van der Waals surface area contributed by atoms with Crippen LogP contribution in [0, 0.1) is 5.41 Å². The van der Waals surface area contributed by atoms with Crippen LogP contribution in [0.15, 0.2) is 48.5 Å². The molecule has 1 amide bonds. The maximum absolute atomic E-state index is 12.6. The van der Waals surface area contributed by atoms with Gasteiger partial charge in [-0.25, -0.2) is 4.79 Å². The fourth-order valence-electron chi connectivity index (χ4n) is 3.74. The topological polar surface area (TPSA) is 115 Å². The van der Waals surface area contributed by atoms with Gasteiger partial charge < -0.3 is 20.5 Å². The zero-order valence-electron chi connectivity index (χ0n) is 20.1. The molecule has 3 atom stereocenters. The SMILES string of the molecule is CC(SCc1ccccc1)C(=O)NCCC1c2cc(C(=O)OC(C)(C)C)ccc2OC1C(=N)N. The van der Waals surface area contributed by atoms with Crippen molar-refractivity contribution in [1.82, 2.24) is 5.32 Å². The number of thioether (sulfide) groups is 1. The maximum atomic E-state index is 12.6. The van der Waals surface area contributed by atoms with E-state index in [1.165, 1.54) is 5.56 Å². The Morgan fingerprint density at radius 2 is 1.91 bits per heavy atom. The van der Waals surface area contributed by atoms with E-state index in [-0.39, 0.29) is 22.9 Å². The second-order valence-corrected chi connectivity index (χ2v) is 10.7. The van der Waals surface area contributed by atoms with Crippen LogP contribution in [0.25, 0.3) is 0 Å². The summed E-state index contributed by atoms with van der Waals surface area (Å²) in [7, 11) is 0. The van der Waals surface area contributed by atoms with Crippen molar-refractivity contribution in [3.63, 3.8) is 0 Å². The quantitative estimate of drug-likeness (QED) is 0.279. The predicted molar refractivity (Wildman–Crippen MR) is 136 cm³/mol. The van der Waals surface area contributed by atoms with E-state index in [1.807, 2.05) is 58.0 Å². The lowest BCUT2D eigenvalue weighted by Gasteiger charge is -2.20. The van der Waals surface area contributed by atoms with Crippen LogP contribution in [0.5, 0.6) is 5.75 Å². The summed E-state index contributed by atoms with van der Waals surface area (Å²) in [5.41, 5.74) is 7.59.